The number of carbonyl (C=O) groups is 2. The van der Waals surface area contributed by atoms with Crippen LogP contribution in [0.15, 0.2) is 11.2 Å². The van der Waals surface area contributed by atoms with Gasteiger partial charge in [0.15, 0.2) is 5.16 Å². The van der Waals surface area contributed by atoms with Gasteiger partial charge in [0.25, 0.3) is 0 Å². The number of carbonyl (C=O) groups excluding carboxylic acids is 2. The fourth-order valence-corrected chi connectivity index (χ4v) is 6.78. The molecule has 1 saturated carbocycles. The third kappa shape index (κ3) is 8.20. The Kier molecular flexibility index (Phi) is 10.7. The monoisotopic (exact) mass is 550 g/mol. The molecule has 1 N–H and O–H groups in total. The van der Waals surface area contributed by atoms with Crippen molar-refractivity contribution in [2.45, 2.75) is 88.9 Å². The van der Waals surface area contributed by atoms with Crippen molar-refractivity contribution in [1.82, 2.24) is 25.1 Å². The highest BCUT2D eigenvalue weighted by atomic mass is 35.5. The lowest BCUT2D eigenvalue weighted by Gasteiger charge is -2.42. The minimum absolute atomic E-state index is 0.00900. The van der Waals surface area contributed by atoms with E-state index in [1.54, 1.807) is 6.07 Å². The predicted molar refractivity (Wildman–Crippen MR) is 150 cm³/mol. The summed E-state index contributed by atoms with van der Waals surface area (Å²) < 4.78 is 0. The Hall–Kier alpha value is -1.58. The number of rotatable bonds is 9. The molecule has 4 rings (SSSR count). The van der Waals surface area contributed by atoms with Crippen LogP contribution >= 0.6 is 23.4 Å². The number of nitrogens with one attached hydrogen (secondary N) is 1. The van der Waals surface area contributed by atoms with Crippen molar-refractivity contribution in [2.24, 2.45) is 5.92 Å². The summed E-state index contributed by atoms with van der Waals surface area (Å²) in [5, 5.41) is 3.90. The van der Waals surface area contributed by atoms with Crippen molar-refractivity contribution in [1.29, 1.82) is 0 Å². The molecule has 2 aliphatic heterocycles. The van der Waals surface area contributed by atoms with Gasteiger partial charge in [-0.2, -0.15) is 0 Å². The van der Waals surface area contributed by atoms with Gasteiger partial charge in [-0.05, 0) is 52.5 Å². The van der Waals surface area contributed by atoms with E-state index in [4.69, 9.17) is 16.6 Å². The maximum Gasteiger partial charge on any atom is 0.230 e. The Bertz CT molecular complexity index is 915. The van der Waals surface area contributed by atoms with Crippen LogP contribution in [0.25, 0.3) is 0 Å². The fraction of sp³-hybridized carbons (Fsp3) is 0.778. The van der Waals surface area contributed by atoms with Crippen molar-refractivity contribution >= 4 is 41.0 Å². The lowest BCUT2D eigenvalue weighted by atomic mass is 9.88. The molecule has 3 heterocycles. The zero-order valence-corrected chi connectivity index (χ0v) is 24.0. The number of piperidine rings is 1. The molecule has 8 nitrogen and oxygen atoms in total. The van der Waals surface area contributed by atoms with Crippen LogP contribution in [0, 0.1) is 5.92 Å². The molecule has 3 fully saturated rings. The van der Waals surface area contributed by atoms with E-state index >= 15 is 0 Å². The normalized spacial score (nSPS) is 23.8. The van der Waals surface area contributed by atoms with Gasteiger partial charge in [-0.3, -0.25) is 9.59 Å². The van der Waals surface area contributed by atoms with E-state index in [0.717, 1.165) is 38.2 Å². The molecule has 2 atom stereocenters. The third-order valence-corrected chi connectivity index (χ3v) is 9.11. The number of amides is 2. The molecule has 1 aromatic heterocycles. The number of piperazine rings is 1. The van der Waals surface area contributed by atoms with Crippen molar-refractivity contribution in [3.05, 3.63) is 11.2 Å². The van der Waals surface area contributed by atoms with Crippen LogP contribution in [0.2, 0.25) is 5.15 Å². The van der Waals surface area contributed by atoms with Crippen LogP contribution in [0.1, 0.15) is 71.6 Å². The SMILES string of the molecule is CC1CCCCN1CCCNC(=O)CSc1nc(Cl)cc(N2CCN(C(=O)C3CCCCC3)C(C)C2)n1. The van der Waals surface area contributed by atoms with Crippen LogP contribution in [-0.4, -0.2) is 88.7 Å². The molecule has 2 amide bonds. The molecule has 2 unspecified atom stereocenters. The van der Waals surface area contributed by atoms with Crippen LogP contribution in [0.5, 0.6) is 0 Å². The van der Waals surface area contributed by atoms with E-state index in [0.29, 0.717) is 41.9 Å². The summed E-state index contributed by atoms with van der Waals surface area (Å²) in [7, 11) is 0. The fourth-order valence-electron chi connectivity index (χ4n) is 5.87. The molecular weight excluding hydrogens is 508 g/mol. The van der Waals surface area contributed by atoms with Crippen LogP contribution < -0.4 is 10.2 Å². The molecule has 206 valence electrons. The minimum atomic E-state index is -0.00900. The van der Waals surface area contributed by atoms with E-state index in [1.165, 1.54) is 56.8 Å². The maximum atomic E-state index is 13.1. The molecule has 0 bridgehead atoms. The number of aromatic nitrogens is 2. The number of likely N-dealkylation sites (tertiary alicyclic amines) is 1. The second-order valence-electron chi connectivity index (χ2n) is 10.9. The molecule has 3 aliphatic rings. The first kappa shape index (κ1) is 28.4. The highest BCUT2D eigenvalue weighted by molar-refractivity contribution is 7.99. The second-order valence-corrected chi connectivity index (χ2v) is 12.2. The zero-order valence-electron chi connectivity index (χ0n) is 22.5. The van der Waals surface area contributed by atoms with Gasteiger partial charge < -0.3 is 20.0 Å². The van der Waals surface area contributed by atoms with Crippen molar-refractivity contribution in [3.8, 4) is 0 Å². The third-order valence-electron chi connectivity index (χ3n) is 8.07. The molecule has 0 radical (unpaired) electrons. The molecule has 1 aromatic rings. The van der Waals surface area contributed by atoms with E-state index in [1.807, 2.05) is 0 Å². The second kappa shape index (κ2) is 14.0. The van der Waals surface area contributed by atoms with Gasteiger partial charge in [-0.15, -0.1) is 0 Å². The molecule has 0 aromatic carbocycles. The summed E-state index contributed by atoms with van der Waals surface area (Å²) in [6.45, 7) is 9.43. The van der Waals surface area contributed by atoms with Gasteiger partial charge in [0.2, 0.25) is 11.8 Å². The number of nitrogens with zero attached hydrogens (tertiary/aromatic N) is 5. The zero-order chi connectivity index (χ0) is 26.2. The van der Waals surface area contributed by atoms with Crippen LogP contribution in [-0.2, 0) is 9.59 Å². The van der Waals surface area contributed by atoms with Gasteiger partial charge in [-0.1, -0.05) is 49.0 Å². The summed E-state index contributed by atoms with van der Waals surface area (Å²) in [6, 6.07) is 2.54. The Labute approximate surface area is 231 Å². The molecule has 2 saturated heterocycles. The molecule has 1 aliphatic carbocycles. The largest absolute Gasteiger partial charge is 0.355 e. The molecule has 10 heteroatoms. The van der Waals surface area contributed by atoms with E-state index in [2.05, 4.69) is 38.8 Å². The van der Waals surface area contributed by atoms with Gasteiger partial charge >= 0.3 is 0 Å². The van der Waals surface area contributed by atoms with Crippen LogP contribution in [0.4, 0.5) is 5.82 Å². The number of hydrogen-bond donors (Lipinski definition) is 1. The predicted octanol–water partition coefficient (Wildman–Crippen LogP) is 4.22. The van der Waals surface area contributed by atoms with Crippen molar-refractivity contribution < 1.29 is 9.59 Å². The quantitative estimate of drug-likeness (QED) is 0.213. The Morgan fingerprint density at radius 1 is 1.03 bits per heavy atom. The molecule has 37 heavy (non-hydrogen) atoms. The Morgan fingerprint density at radius 2 is 1.81 bits per heavy atom. The average molecular weight is 551 g/mol. The Balaban J connectivity index is 1.22. The average Bonchev–Trinajstić information content (AvgIpc) is 2.90. The summed E-state index contributed by atoms with van der Waals surface area (Å²) >= 11 is 7.64. The lowest BCUT2D eigenvalue weighted by Crippen LogP contribution is -2.55. The van der Waals surface area contributed by atoms with Gasteiger partial charge in [0.05, 0.1) is 5.75 Å². The summed E-state index contributed by atoms with van der Waals surface area (Å²) in [5.41, 5.74) is 0. The summed E-state index contributed by atoms with van der Waals surface area (Å²) in [5.74, 6) is 1.53. The van der Waals surface area contributed by atoms with E-state index in [-0.39, 0.29) is 23.6 Å². The van der Waals surface area contributed by atoms with Crippen LogP contribution in [0.3, 0.4) is 0 Å². The molecule has 0 spiro atoms. The number of thioether (sulfide) groups is 1. The minimum Gasteiger partial charge on any atom is -0.355 e. The van der Waals surface area contributed by atoms with Gasteiger partial charge in [0.1, 0.15) is 11.0 Å². The smallest absolute Gasteiger partial charge is 0.230 e. The number of hydrogen-bond acceptors (Lipinski definition) is 7. The first-order valence-electron chi connectivity index (χ1n) is 14.1. The highest BCUT2D eigenvalue weighted by Gasteiger charge is 2.33. The molecular formula is C27H43ClN6O2S. The topological polar surface area (TPSA) is 81.7 Å². The first-order chi connectivity index (χ1) is 17.9. The Morgan fingerprint density at radius 3 is 2.57 bits per heavy atom. The maximum absolute atomic E-state index is 13.1. The van der Waals surface area contributed by atoms with E-state index < -0.39 is 0 Å². The van der Waals surface area contributed by atoms with Crippen molar-refractivity contribution in [3.63, 3.8) is 0 Å². The van der Waals surface area contributed by atoms with Gasteiger partial charge in [-0.25, -0.2) is 9.97 Å². The van der Waals surface area contributed by atoms with E-state index in [9.17, 15) is 9.59 Å². The number of halogens is 1. The summed E-state index contributed by atoms with van der Waals surface area (Å²) in [4.78, 5) is 41.2. The van der Waals surface area contributed by atoms with Crippen molar-refractivity contribution in [2.75, 3.05) is 49.9 Å². The first-order valence-corrected chi connectivity index (χ1v) is 15.5. The lowest BCUT2D eigenvalue weighted by molar-refractivity contribution is -0.139. The summed E-state index contributed by atoms with van der Waals surface area (Å²) in [6.07, 6.45) is 10.5. The van der Waals surface area contributed by atoms with Gasteiger partial charge in [0, 0.05) is 56.8 Å². The number of anilines is 1. The standard InChI is InChI=1S/C27H43ClN6O2S/c1-20-9-6-7-13-32(20)14-8-12-29-25(35)19-37-27-30-23(28)17-24(31-27)33-15-16-34(21(2)18-33)26(36)22-10-4-3-5-11-22/h17,20-22H,3-16,18-19H2,1-2H3,(H,29,35). The highest BCUT2D eigenvalue weighted by Crippen LogP contribution is 2.28.